The maximum absolute atomic E-state index is 6.48. The normalized spacial score (nSPS) is 23.9. The third-order valence-corrected chi connectivity index (χ3v) is 4.29. The molecule has 1 aromatic carbocycles. The highest BCUT2D eigenvalue weighted by molar-refractivity contribution is 5.48. The van der Waals surface area contributed by atoms with Gasteiger partial charge in [-0.3, -0.25) is 4.90 Å². The molecular weight excluding hydrogens is 264 g/mol. The zero-order valence-corrected chi connectivity index (χ0v) is 13.8. The molecule has 1 aliphatic heterocycles. The van der Waals surface area contributed by atoms with Crippen LogP contribution in [0.2, 0.25) is 0 Å². The largest absolute Gasteiger partial charge is 0.493 e. The molecule has 2 unspecified atom stereocenters. The summed E-state index contributed by atoms with van der Waals surface area (Å²) in [6, 6.07) is 6.31. The molecule has 0 aliphatic carbocycles. The lowest BCUT2D eigenvalue weighted by molar-refractivity contribution is 0.0371. The molecule has 0 bridgehead atoms. The monoisotopic (exact) mass is 292 g/mol. The maximum atomic E-state index is 6.48. The first-order valence-corrected chi connectivity index (χ1v) is 7.63. The highest BCUT2D eigenvalue weighted by atomic mass is 16.5. The fourth-order valence-electron chi connectivity index (χ4n) is 3.32. The second kappa shape index (κ2) is 6.24. The first kappa shape index (κ1) is 16.1. The van der Waals surface area contributed by atoms with Gasteiger partial charge in [0.1, 0.15) is 0 Å². The molecule has 1 fully saturated rings. The van der Waals surface area contributed by atoms with Crippen molar-refractivity contribution in [3.63, 3.8) is 0 Å². The fourth-order valence-corrected chi connectivity index (χ4v) is 3.32. The Morgan fingerprint density at radius 3 is 2.48 bits per heavy atom. The second-order valence-electron chi connectivity index (χ2n) is 6.70. The third kappa shape index (κ3) is 3.16. The average Bonchev–Trinajstić information content (AvgIpc) is 2.45. The first-order valence-electron chi connectivity index (χ1n) is 7.63. The summed E-state index contributed by atoms with van der Waals surface area (Å²) < 4.78 is 11.1. The van der Waals surface area contributed by atoms with Crippen LogP contribution >= 0.6 is 0 Å². The lowest BCUT2D eigenvalue weighted by Gasteiger charge is -2.47. The number of benzene rings is 1. The molecule has 2 rings (SSSR count). The molecule has 0 saturated carbocycles. The van der Waals surface area contributed by atoms with Gasteiger partial charge in [0.15, 0.2) is 11.5 Å². The molecule has 0 aromatic heterocycles. The molecule has 21 heavy (non-hydrogen) atoms. The van der Waals surface area contributed by atoms with Gasteiger partial charge in [-0.2, -0.15) is 0 Å². The van der Waals surface area contributed by atoms with E-state index in [-0.39, 0.29) is 17.6 Å². The molecule has 1 heterocycles. The lowest BCUT2D eigenvalue weighted by atomic mass is 9.86. The number of nitrogens with two attached hydrogens (primary N) is 1. The van der Waals surface area contributed by atoms with Gasteiger partial charge in [-0.25, -0.2) is 0 Å². The van der Waals surface area contributed by atoms with Gasteiger partial charge in [0.2, 0.25) is 0 Å². The Hall–Kier alpha value is -1.26. The van der Waals surface area contributed by atoms with E-state index in [1.807, 2.05) is 12.1 Å². The molecule has 0 spiro atoms. The number of para-hydroxylation sites is 1. The van der Waals surface area contributed by atoms with Gasteiger partial charge in [-0.05, 0) is 46.2 Å². The van der Waals surface area contributed by atoms with E-state index in [9.17, 15) is 0 Å². The Morgan fingerprint density at radius 2 is 1.90 bits per heavy atom. The van der Waals surface area contributed by atoms with Crippen LogP contribution in [0.25, 0.3) is 0 Å². The number of hydrogen-bond donors (Lipinski definition) is 1. The Labute approximate surface area is 128 Å². The van der Waals surface area contributed by atoms with Crippen molar-refractivity contribution >= 4 is 0 Å². The minimum absolute atomic E-state index is 0.0663. The molecule has 1 aliphatic rings. The number of rotatable bonds is 3. The Bertz CT molecular complexity index is 482. The van der Waals surface area contributed by atoms with Gasteiger partial charge >= 0.3 is 0 Å². The summed E-state index contributed by atoms with van der Waals surface area (Å²) in [5.74, 6) is 1.57. The van der Waals surface area contributed by atoms with Crippen LogP contribution in [-0.2, 0) is 0 Å². The van der Waals surface area contributed by atoms with Gasteiger partial charge in [-0.1, -0.05) is 12.1 Å². The van der Waals surface area contributed by atoms with Crippen LogP contribution in [0.15, 0.2) is 18.2 Å². The van der Waals surface area contributed by atoms with E-state index in [1.165, 1.54) is 0 Å². The quantitative estimate of drug-likeness (QED) is 0.930. The highest BCUT2D eigenvalue weighted by Gasteiger charge is 2.38. The van der Waals surface area contributed by atoms with Crippen molar-refractivity contribution in [2.45, 2.75) is 51.2 Å². The van der Waals surface area contributed by atoms with Crippen molar-refractivity contribution in [2.75, 3.05) is 20.8 Å². The van der Waals surface area contributed by atoms with Crippen LogP contribution in [-0.4, -0.2) is 37.2 Å². The number of piperidine rings is 1. The summed E-state index contributed by atoms with van der Waals surface area (Å²) in [7, 11) is 3.36. The summed E-state index contributed by atoms with van der Waals surface area (Å²) in [6.45, 7) is 7.78. The van der Waals surface area contributed by atoms with E-state index in [1.54, 1.807) is 14.2 Å². The topological polar surface area (TPSA) is 47.7 Å². The van der Waals surface area contributed by atoms with E-state index in [2.05, 4.69) is 31.7 Å². The summed E-state index contributed by atoms with van der Waals surface area (Å²) in [6.07, 6.45) is 2.18. The zero-order valence-electron chi connectivity index (χ0n) is 13.8. The van der Waals surface area contributed by atoms with Crippen LogP contribution in [0.4, 0.5) is 0 Å². The molecule has 118 valence electrons. The highest BCUT2D eigenvalue weighted by Crippen LogP contribution is 2.42. The van der Waals surface area contributed by atoms with Crippen molar-refractivity contribution < 1.29 is 9.47 Å². The minimum atomic E-state index is 0.0663. The molecule has 1 saturated heterocycles. The first-order chi connectivity index (χ1) is 9.90. The summed E-state index contributed by atoms with van der Waals surface area (Å²) in [5, 5.41) is 0. The molecule has 4 nitrogen and oxygen atoms in total. The average molecular weight is 292 g/mol. The number of likely N-dealkylation sites (tertiary alicyclic amines) is 1. The molecule has 4 heteroatoms. The molecule has 0 radical (unpaired) electrons. The van der Waals surface area contributed by atoms with Crippen molar-refractivity contribution in [1.82, 2.24) is 4.90 Å². The predicted molar refractivity (Wildman–Crippen MR) is 86.0 cm³/mol. The molecule has 1 aromatic rings. The summed E-state index contributed by atoms with van der Waals surface area (Å²) >= 11 is 0. The van der Waals surface area contributed by atoms with Gasteiger partial charge in [0.05, 0.1) is 20.3 Å². The van der Waals surface area contributed by atoms with Crippen molar-refractivity contribution in [1.29, 1.82) is 0 Å². The smallest absolute Gasteiger partial charge is 0.165 e. The number of nitrogens with zero attached hydrogens (tertiary/aromatic N) is 1. The van der Waals surface area contributed by atoms with Gasteiger partial charge < -0.3 is 15.2 Å². The predicted octanol–water partition coefficient (Wildman–Crippen LogP) is 2.97. The third-order valence-electron chi connectivity index (χ3n) is 4.29. The molecule has 0 amide bonds. The second-order valence-corrected chi connectivity index (χ2v) is 6.70. The van der Waals surface area contributed by atoms with Crippen LogP contribution < -0.4 is 15.2 Å². The Balaban J connectivity index is 2.50. The van der Waals surface area contributed by atoms with E-state index in [0.717, 1.165) is 36.4 Å². The Morgan fingerprint density at radius 1 is 1.19 bits per heavy atom. The maximum Gasteiger partial charge on any atom is 0.165 e. The van der Waals surface area contributed by atoms with E-state index in [4.69, 9.17) is 15.2 Å². The molecular formula is C17H28N2O2. The van der Waals surface area contributed by atoms with Crippen molar-refractivity contribution in [3.05, 3.63) is 23.8 Å². The lowest BCUT2D eigenvalue weighted by Crippen LogP contribution is -2.53. The van der Waals surface area contributed by atoms with E-state index < -0.39 is 0 Å². The van der Waals surface area contributed by atoms with Crippen LogP contribution in [0.3, 0.4) is 0 Å². The number of ether oxygens (including phenoxy) is 2. The summed E-state index contributed by atoms with van der Waals surface area (Å²) in [4.78, 5) is 2.48. The van der Waals surface area contributed by atoms with Gasteiger partial charge in [0.25, 0.3) is 0 Å². The van der Waals surface area contributed by atoms with Crippen LogP contribution in [0, 0.1) is 0 Å². The minimum Gasteiger partial charge on any atom is -0.493 e. The zero-order chi connectivity index (χ0) is 15.6. The van der Waals surface area contributed by atoms with Gasteiger partial charge in [-0.15, -0.1) is 0 Å². The molecule has 2 N–H and O–H groups in total. The SMILES string of the molecule is COc1cccc(C2C(N)CCCN2C(C)(C)C)c1OC. The van der Waals surface area contributed by atoms with E-state index >= 15 is 0 Å². The Kier molecular flexibility index (Phi) is 4.79. The van der Waals surface area contributed by atoms with Crippen LogP contribution in [0.5, 0.6) is 11.5 Å². The van der Waals surface area contributed by atoms with Crippen molar-refractivity contribution in [2.24, 2.45) is 5.73 Å². The van der Waals surface area contributed by atoms with E-state index in [0.29, 0.717) is 0 Å². The van der Waals surface area contributed by atoms with Crippen LogP contribution in [0.1, 0.15) is 45.2 Å². The van der Waals surface area contributed by atoms with Crippen molar-refractivity contribution in [3.8, 4) is 11.5 Å². The number of hydrogen-bond acceptors (Lipinski definition) is 4. The fraction of sp³-hybridized carbons (Fsp3) is 0.647. The van der Waals surface area contributed by atoms with Gasteiger partial charge in [0, 0.05) is 17.1 Å². The number of methoxy groups -OCH3 is 2. The standard InChI is InChI=1S/C17H28N2O2/c1-17(2,3)19-11-7-9-13(18)15(19)12-8-6-10-14(20-4)16(12)21-5/h6,8,10,13,15H,7,9,11,18H2,1-5H3. The summed E-state index contributed by atoms with van der Waals surface area (Å²) in [5.41, 5.74) is 7.67. The molecule has 2 atom stereocenters.